The van der Waals surface area contributed by atoms with Gasteiger partial charge in [0, 0.05) is 13.2 Å². The molecule has 0 aliphatic heterocycles. The van der Waals surface area contributed by atoms with E-state index in [0.717, 1.165) is 11.8 Å². The molecule has 0 aliphatic rings. The predicted octanol–water partition coefficient (Wildman–Crippen LogP) is -0.167. The van der Waals surface area contributed by atoms with Crippen LogP contribution in [0.2, 0.25) is 0 Å². The largest absolute Gasteiger partial charge is 0.480 e. The normalized spacial score (nSPS) is 12.3. The summed E-state index contributed by atoms with van der Waals surface area (Å²) >= 11 is 0.943. The summed E-state index contributed by atoms with van der Waals surface area (Å²) < 4.78 is 4.78. The zero-order chi connectivity index (χ0) is 12.1. The number of hydrogen-bond acceptors (Lipinski definition) is 7. The smallest absolute Gasteiger partial charge is 0.319 e. The number of rotatable bonds is 5. The zero-order valence-electron chi connectivity index (χ0n) is 8.58. The maximum Gasteiger partial charge on any atom is 0.319 e. The molecule has 1 aromatic heterocycles. The van der Waals surface area contributed by atoms with Gasteiger partial charge in [-0.1, -0.05) is 11.8 Å². The first-order valence-electron chi connectivity index (χ1n) is 4.31. The lowest BCUT2D eigenvalue weighted by atomic mass is 10.5. The van der Waals surface area contributed by atoms with Crippen molar-refractivity contribution in [3.05, 3.63) is 6.07 Å². The molecule has 1 rings (SSSR count). The van der Waals surface area contributed by atoms with Crippen molar-refractivity contribution in [2.45, 2.75) is 10.4 Å². The van der Waals surface area contributed by atoms with Gasteiger partial charge in [0.05, 0.1) is 6.61 Å². The highest BCUT2D eigenvalue weighted by Crippen LogP contribution is 2.22. The molecule has 0 fully saturated rings. The van der Waals surface area contributed by atoms with Gasteiger partial charge in [-0.2, -0.15) is 0 Å². The zero-order valence-corrected chi connectivity index (χ0v) is 9.40. The lowest BCUT2D eigenvalue weighted by molar-refractivity contribution is -0.137. The highest BCUT2D eigenvalue weighted by molar-refractivity contribution is 8.00. The Bertz CT molecular complexity index is 367. The monoisotopic (exact) mass is 244 g/mol. The maximum atomic E-state index is 10.8. The predicted molar refractivity (Wildman–Crippen MR) is 60.0 cm³/mol. The molecule has 88 valence electrons. The number of hydrogen-bond donors (Lipinski definition) is 3. The summed E-state index contributed by atoms with van der Waals surface area (Å²) in [6.07, 6.45) is 0. The van der Waals surface area contributed by atoms with Gasteiger partial charge in [0.2, 0.25) is 0 Å². The molecule has 0 amide bonds. The van der Waals surface area contributed by atoms with Crippen LogP contribution < -0.4 is 11.5 Å². The molecule has 0 spiro atoms. The standard InChI is InChI=1S/C8H12N4O3S/c1-15-3-4(7(13)14)16-8-11-5(9)2-6(10)12-8/h2,4H,3H2,1H3,(H,13,14)(H4,9,10,11,12). The van der Waals surface area contributed by atoms with E-state index in [1.807, 2.05) is 0 Å². The van der Waals surface area contributed by atoms with Gasteiger partial charge in [-0.25, -0.2) is 9.97 Å². The van der Waals surface area contributed by atoms with Crippen LogP contribution in [0, 0.1) is 0 Å². The Morgan fingerprint density at radius 3 is 2.56 bits per heavy atom. The Labute approximate surface area is 96.2 Å². The van der Waals surface area contributed by atoms with E-state index in [1.54, 1.807) is 0 Å². The summed E-state index contributed by atoms with van der Waals surface area (Å²) in [5.41, 5.74) is 10.9. The van der Waals surface area contributed by atoms with Crippen molar-refractivity contribution in [2.24, 2.45) is 0 Å². The summed E-state index contributed by atoms with van der Waals surface area (Å²) in [6.45, 7) is 0.0536. The number of thioether (sulfide) groups is 1. The van der Waals surface area contributed by atoms with E-state index in [4.69, 9.17) is 21.3 Å². The number of carbonyl (C=O) groups is 1. The molecule has 0 saturated carbocycles. The van der Waals surface area contributed by atoms with Crippen LogP contribution in [0.15, 0.2) is 11.2 Å². The Balaban J connectivity index is 2.80. The van der Waals surface area contributed by atoms with Crippen molar-refractivity contribution in [1.82, 2.24) is 9.97 Å². The fraction of sp³-hybridized carbons (Fsp3) is 0.375. The van der Waals surface area contributed by atoms with Crippen LogP contribution in [-0.2, 0) is 9.53 Å². The first-order chi connectivity index (χ1) is 7.52. The number of carboxylic acid groups (broad SMARTS) is 1. The molecule has 1 aromatic rings. The van der Waals surface area contributed by atoms with Gasteiger partial charge in [0.25, 0.3) is 0 Å². The van der Waals surface area contributed by atoms with E-state index >= 15 is 0 Å². The molecular formula is C8H12N4O3S. The van der Waals surface area contributed by atoms with E-state index < -0.39 is 11.2 Å². The Morgan fingerprint density at radius 1 is 1.56 bits per heavy atom. The molecule has 5 N–H and O–H groups in total. The topological polar surface area (TPSA) is 124 Å². The first kappa shape index (κ1) is 12.5. The third-order valence-corrected chi connectivity index (χ3v) is 2.60. The summed E-state index contributed by atoms with van der Waals surface area (Å²) in [7, 11) is 1.42. The number of methoxy groups -OCH3 is 1. The van der Waals surface area contributed by atoms with Crippen molar-refractivity contribution < 1.29 is 14.6 Å². The molecule has 0 bridgehead atoms. The van der Waals surface area contributed by atoms with Gasteiger partial charge in [0.1, 0.15) is 16.9 Å². The molecule has 0 aliphatic carbocycles. The second kappa shape index (κ2) is 5.52. The SMILES string of the molecule is COCC(Sc1nc(N)cc(N)n1)C(=O)O. The number of ether oxygens (including phenoxy) is 1. The second-order valence-corrected chi connectivity index (χ2v) is 4.07. The summed E-state index contributed by atoms with van der Waals surface area (Å²) in [6, 6.07) is 1.40. The third kappa shape index (κ3) is 3.55. The number of carboxylic acids is 1. The molecule has 0 radical (unpaired) electrons. The maximum absolute atomic E-state index is 10.8. The quantitative estimate of drug-likeness (QED) is 0.481. The molecule has 1 atom stereocenters. The van der Waals surface area contributed by atoms with E-state index in [9.17, 15) is 4.79 Å². The van der Waals surface area contributed by atoms with Crippen molar-refractivity contribution in [2.75, 3.05) is 25.2 Å². The fourth-order valence-electron chi connectivity index (χ4n) is 0.949. The van der Waals surface area contributed by atoms with Gasteiger partial charge in [0.15, 0.2) is 5.16 Å². The Kier molecular flexibility index (Phi) is 4.32. The first-order valence-corrected chi connectivity index (χ1v) is 5.19. The van der Waals surface area contributed by atoms with Crippen LogP contribution in [-0.4, -0.2) is 40.0 Å². The molecule has 8 heteroatoms. The highest BCUT2D eigenvalue weighted by Gasteiger charge is 2.20. The van der Waals surface area contributed by atoms with Crippen LogP contribution in [0.4, 0.5) is 11.6 Å². The van der Waals surface area contributed by atoms with Crippen molar-refractivity contribution in [1.29, 1.82) is 0 Å². The number of aromatic nitrogens is 2. The van der Waals surface area contributed by atoms with E-state index in [1.165, 1.54) is 13.2 Å². The number of aliphatic carboxylic acids is 1. The van der Waals surface area contributed by atoms with E-state index in [0.29, 0.717) is 0 Å². The molecule has 1 heterocycles. The molecule has 0 aromatic carbocycles. The van der Waals surface area contributed by atoms with Crippen LogP contribution in [0.3, 0.4) is 0 Å². The minimum Gasteiger partial charge on any atom is -0.480 e. The number of nitrogens with zero attached hydrogens (tertiary/aromatic N) is 2. The average Bonchev–Trinajstić information content (AvgIpc) is 2.15. The van der Waals surface area contributed by atoms with Crippen LogP contribution >= 0.6 is 11.8 Å². The molecule has 7 nitrogen and oxygen atoms in total. The molecule has 16 heavy (non-hydrogen) atoms. The average molecular weight is 244 g/mol. The van der Waals surface area contributed by atoms with Gasteiger partial charge >= 0.3 is 5.97 Å². The number of nitrogen functional groups attached to an aromatic ring is 2. The summed E-state index contributed by atoms with van der Waals surface area (Å²) in [5, 5.41) is 8.32. The minimum absolute atomic E-state index is 0.0536. The minimum atomic E-state index is -1.00. The van der Waals surface area contributed by atoms with Gasteiger partial charge in [-0.15, -0.1) is 0 Å². The summed E-state index contributed by atoms with van der Waals surface area (Å²) in [5.74, 6) is -0.593. The van der Waals surface area contributed by atoms with Crippen LogP contribution in [0.5, 0.6) is 0 Å². The number of nitrogens with two attached hydrogens (primary N) is 2. The lowest BCUT2D eigenvalue weighted by Crippen LogP contribution is -2.22. The highest BCUT2D eigenvalue weighted by atomic mass is 32.2. The van der Waals surface area contributed by atoms with Crippen molar-refractivity contribution in [3.8, 4) is 0 Å². The Hall–Kier alpha value is -1.54. The number of anilines is 2. The van der Waals surface area contributed by atoms with Gasteiger partial charge < -0.3 is 21.3 Å². The van der Waals surface area contributed by atoms with E-state index in [2.05, 4.69) is 9.97 Å². The Morgan fingerprint density at radius 2 is 2.12 bits per heavy atom. The molecular weight excluding hydrogens is 232 g/mol. The van der Waals surface area contributed by atoms with Crippen molar-refractivity contribution >= 4 is 29.4 Å². The van der Waals surface area contributed by atoms with Crippen LogP contribution in [0.1, 0.15) is 0 Å². The molecule has 1 unspecified atom stereocenters. The lowest BCUT2D eigenvalue weighted by Gasteiger charge is -2.09. The second-order valence-electron chi connectivity index (χ2n) is 2.90. The molecule has 0 saturated heterocycles. The van der Waals surface area contributed by atoms with Gasteiger partial charge in [-0.3, -0.25) is 4.79 Å². The van der Waals surface area contributed by atoms with E-state index in [-0.39, 0.29) is 23.4 Å². The van der Waals surface area contributed by atoms with Crippen molar-refractivity contribution in [3.63, 3.8) is 0 Å². The third-order valence-electron chi connectivity index (χ3n) is 1.59. The van der Waals surface area contributed by atoms with Gasteiger partial charge in [-0.05, 0) is 0 Å². The van der Waals surface area contributed by atoms with Crippen LogP contribution in [0.25, 0.3) is 0 Å². The summed E-state index contributed by atoms with van der Waals surface area (Å²) in [4.78, 5) is 18.6. The fourth-order valence-corrected chi connectivity index (χ4v) is 1.82.